The molecule has 14 heavy (non-hydrogen) atoms. The molecule has 0 aromatic heterocycles. The van der Waals surface area contributed by atoms with E-state index >= 15 is 0 Å². The minimum absolute atomic E-state index is 0.0303. The third-order valence-electron chi connectivity index (χ3n) is 2.58. The number of hydrogen-bond donors (Lipinski definition) is 1. The molecule has 0 aliphatic rings. The summed E-state index contributed by atoms with van der Waals surface area (Å²) in [6.07, 6.45) is 1.79. The van der Waals surface area contributed by atoms with Crippen LogP contribution in [0.2, 0.25) is 0 Å². The number of aliphatic hydroxyl groups is 1. The third kappa shape index (κ3) is 5.64. The molecule has 0 bridgehead atoms. The van der Waals surface area contributed by atoms with Crippen molar-refractivity contribution in [2.45, 2.75) is 67.4 Å². The zero-order valence-corrected chi connectivity index (χ0v) is 11.0. The lowest BCUT2D eigenvalue weighted by Gasteiger charge is -2.37. The second-order valence-corrected chi connectivity index (χ2v) is 6.87. The zero-order valence-electron chi connectivity index (χ0n) is 11.0. The summed E-state index contributed by atoms with van der Waals surface area (Å²) in [4.78, 5) is 0. The number of rotatable bonds is 4. The van der Waals surface area contributed by atoms with Crippen LogP contribution in [-0.4, -0.2) is 11.2 Å². The molecule has 0 aliphatic heterocycles. The molecule has 1 atom stereocenters. The molecule has 0 saturated heterocycles. The molecule has 0 amide bonds. The first-order chi connectivity index (χ1) is 6.04. The average molecular weight is 200 g/mol. The van der Waals surface area contributed by atoms with Gasteiger partial charge in [0.15, 0.2) is 0 Å². The molecular formula is C13H28O. The Kier molecular flexibility index (Phi) is 4.64. The lowest BCUT2D eigenvalue weighted by molar-refractivity contribution is 0.00724. The van der Waals surface area contributed by atoms with E-state index in [0.717, 1.165) is 12.8 Å². The summed E-state index contributed by atoms with van der Waals surface area (Å²) >= 11 is 0. The Morgan fingerprint density at radius 1 is 1.00 bits per heavy atom. The summed E-state index contributed by atoms with van der Waals surface area (Å²) in [6.45, 7) is 15.4. The summed E-state index contributed by atoms with van der Waals surface area (Å²) in [5.41, 5.74) is 0.323. The fraction of sp³-hybridized carbons (Fsp3) is 1.00. The molecule has 0 aromatic carbocycles. The van der Waals surface area contributed by atoms with Crippen molar-refractivity contribution in [2.24, 2.45) is 16.7 Å². The van der Waals surface area contributed by atoms with Gasteiger partial charge >= 0.3 is 0 Å². The second kappa shape index (κ2) is 4.65. The molecule has 0 aromatic rings. The SMILES string of the molecule is CC(C)CC(O)C(C)(C)CC(C)(C)C. The first-order valence-corrected chi connectivity index (χ1v) is 5.73. The Hall–Kier alpha value is -0.0400. The van der Waals surface area contributed by atoms with E-state index in [1.807, 2.05) is 0 Å². The van der Waals surface area contributed by atoms with Crippen molar-refractivity contribution in [1.82, 2.24) is 0 Å². The van der Waals surface area contributed by atoms with E-state index < -0.39 is 0 Å². The van der Waals surface area contributed by atoms with Crippen LogP contribution in [0.25, 0.3) is 0 Å². The molecule has 1 N–H and O–H groups in total. The van der Waals surface area contributed by atoms with Crippen molar-refractivity contribution >= 4 is 0 Å². The topological polar surface area (TPSA) is 20.2 Å². The van der Waals surface area contributed by atoms with Crippen molar-refractivity contribution in [3.05, 3.63) is 0 Å². The molecule has 1 unspecified atom stereocenters. The predicted octanol–water partition coefficient (Wildman–Crippen LogP) is 3.86. The van der Waals surface area contributed by atoms with E-state index in [1.54, 1.807) is 0 Å². The highest BCUT2D eigenvalue weighted by Crippen LogP contribution is 2.37. The molecular weight excluding hydrogens is 172 g/mol. The smallest absolute Gasteiger partial charge is 0.0593 e. The van der Waals surface area contributed by atoms with E-state index in [2.05, 4.69) is 48.5 Å². The van der Waals surface area contributed by atoms with Crippen LogP contribution in [0, 0.1) is 16.7 Å². The maximum absolute atomic E-state index is 10.1. The minimum atomic E-state index is -0.179. The molecule has 1 heteroatoms. The quantitative estimate of drug-likeness (QED) is 0.730. The van der Waals surface area contributed by atoms with Crippen molar-refractivity contribution in [3.63, 3.8) is 0 Å². The average Bonchev–Trinajstić information content (AvgIpc) is 1.78. The van der Waals surface area contributed by atoms with Crippen LogP contribution < -0.4 is 0 Å². The van der Waals surface area contributed by atoms with Crippen LogP contribution in [0.4, 0.5) is 0 Å². The van der Waals surface area contributed by atoms with E-state index in [-0.39, 0.29) is 11.5 Å². The summed E-state index contributed by atoms with van der Waals surface area (Å²) in [7, 11) is 0. The Bertz CT molecular complexity index is 163. The van der Waals surface area contributed by atoms with Gasteiger partial charge in [-0.3, -0.25) is 0 Å². The maximum Gasteiger partial charge on any atom is 0.0593 e. The Balaban J connectivity index is 4.30. The van der Waals surface area contributed by atoms with E-state index in [9.17, 15) is 5.11 Å². The van der Waals surface area contributed by atoms with Gasteiger partial charge in [0.05, 0.1) is 6.10 Å². The Labute approximate surface area is 89.9 Å². The first-order valence-electron chi connectivity index (χ1n) is 5.73. The molecule has 0 rings (SSSR count). The molecule has 0 saturated carbocycles. The van der Waals surface area contributed by atoms with Crippen LogP contribution in [-0.2, 0) is 0 Å². The monoisotopic (exact) mass is 200 g/mol. The van der Waals surface area contributed by atoms with Crippen molar-refractivity contribution in [2.75, 3.05) is 0 Å². The summed E-state index contributed by atoms with van der Waals surface area (Å²) in [5.74, 6) is 0.573. The fourth-order valence-corrected chi connectivity index (χ4v) is 2.25. The van der Waals surface area contributed by atoms with Crippen molar-refractivity contribution < 1.29 is 5.11 Å². The van der Waals surface area contributed by atoms with E-state index in [1.165, 1.54) is 0 Å². The molecule has 1 nitrogen and oxygen atoms in total. The summed E-state index contributed by atoms with van der Waals surface area (Å²) in [5, 5.41) is 10.1. The predicted molar refractivity (Wildman–Crippen MR) is 63.3 cm³/mol. The normalized spacial score (nSPS) is 16.1. The van der Waals surface area contributed by atoms with E-state index in [4.69, 9.17) is 0 Å². The van der Waals surface area contributed by atoms with Gasteiger partial charge in [0.25, 0.3) is 0 Å². The van der Waals surface area contributed by atoms with Gasteiger partial charge in [0.1, 0.15) is 0 Å². The van der Waals surface area contributed by atoms with Crippen molar-refractivity contribution in [1.29, 1.82) is 0 Å². The largest absolute Gasteiger partial charge is 0.393 e. The molecule has 0 heterocycles. The summed E-state index contributed by atoms with van der Waals surface area (Å²) < 4.78 is 0. The zero-order chi connectivity index (χ0) is 11.6. The van der Waals surface area contributed by atoms with Gasteiger partial charge in [-0.1, -0.05) is 48.5 Å². The molecule has 0 aliphatic carbocycles. The van der Waals surface area contributed by atoms with Gasteiger partial charge in [0.2, 0.25) is 0 Å². The molecule has 0 fully saturated rings. The van der Waals surface area contributed by atoms with Gasteiger partial charge in [-0.15, -0.1) is 0 Å². The van der Waals surface area contributed by atoms with Crippen LogP contribution in [0.15, 0.2) is 0 Å². The van der Waals surface area contributed by atoms with Crippen molar-refractivity contribution in [3.8, 4) is 0 Å². The van der Waals surface area contributed by atoms with Gasteiger partial charge < -0.3 is 5.11 Å². The van der Waals surface area contributed by atoms with Gasteiger partial charge in [-0.25, -0.2) is 0 Å². The fourth-order valence-electron chi connectivity index (χ4n) is 2.25. The lowest BCUT2D eigenvalue weighted by atomic mass is 9.71. The van der Waals surface area contributed by atoms with Gasteiger partial charge in [0, 0.05) is 0 Å². The lowest BCUT2D eigenvalue weighted by Crippen LogP contribution is -2.34. The van der Waals surface area contributed by atoms with Gasteiger partial charge in [-0.2, -0.15) is 0 Å². The van der Waals surface area contributed by atoms with Crippen LogP contribution in [0.5, 0.6) is 0 Å². The number of aliphatic hydroxyl groups excluding tert-OH is 1. The van der Waals surface area contributed by atoms with Crippen LogP contribution in [0.3, 0.4) is 0 Å². The molecule has 86 valence electrons. The molecule has 0 spiro atoms. The maximum atomic E-state index is 10.1. The highest BCUT2D eigenvalue weighted by atomic mass is 16.3. The Morgan fingerprint density at radius 3 is 1.71 bits per heavy atom. The standard InChI is InChI=1S/C13H28O/c1-10(2)8-11(14)13(6,7)9-12(3,4)5/h10-11,14H,8-9H2,1-7H3. The first kappa shape index (κ1) is 14.0. The van der Waals surface area contributed by atoms with Crippen LogP contribution >= 0.6 is 0 Å². The van der Waals surface area contributed by atoms with Crippen LogP contribution in [0.1, 0.15) is 61.3 Å². The third-order valence-corrected chi connectivity index (χ3v) is 2.58. The highest BCUT2D eigenvalue weighted by molar-refractivity contribution is 4.83. The van der Waals surface area contributed by atoms with E-state index in [0.29, 0.717) is 11.3 Å². The number of hydrogen-bond acceptors (Lipinski definition) is 1. The highest BCUT2D eigenvalue weighted by Gasteiger charge is 2.32. The Morgan fingerprint density at radius 2 is 1.43 bits per heavy atom. The second-order valence-electron chi connectivity index (χ2n) is 6.87. The minimum Gasteiger partial charge on any atom is -0.393 e. The van der Waals surface area contributed by atoms with Gasteiger partial charge in [-0.05, 0) is 29.6 Å². The molecule has 0 radical (unpaired) electrons. The summed E-state index contributed by atoms with van der Waals surface area (Å²) in [6, 6.07) is 0.